The van der Waals surface area contributed by atoms with Crippen molar-refractivity contribution >= 4 is 22.5 Å². The van der Waals surface area contributed by atoms with Crippen molar-refractivity contribution in [2.45, 2.75) is 5.88 Å². The fourth-order valence-electron chi connectivity index (χ4n) is 1.99. The summed E-state index contributed by atoms with van der Waals surface area (Å²) in [4.78, 5) is 4.41. The summed E-state index contributed by atoms with van der Waals surface area (Å²) in [6, 6.07) is 15.6. The van der Waals surface area contributed by atoms with Crippen LogP contribution in [0.1, 0.15) is 5.69 Å². The average molecular weight is 288 g/mol. The van der Waals surface area contributed by atoms with E-state index in [1.54, 1.807) is 24.3 Å². The van der Waals surface area contributed by atoms with Crippen molar-refractivity contribution in [3.05, 3.63) is 66.1 Å². The molecule has 4 heteroatoms. The van der Waals surface area contributed by atoms with Crippen LogP contribution in [-0.2, 0) is 5.88 Å². The van der Waals surface area contributed by atoms with Gasteiger partial charge in [-0.25, -0.2) is 4.39 Å². The number of hydrogen-bond donors (Lipinski definition) is 0. The van der Waals surface area contributed by atoms with Crippen molar-refractivity contribution < 1.29 is 9.13 Å². The van der Waals surface area contributed by atoms with Gasteiger partial charge in [0, 0.05) is 11.5 Å². The number of halogens is 2. The highest BCUT2D eigenvalue weighted by Gasteiger charge is 2.09. The maximum Gasteiger partial charge on any atom is 0.165 e. The van der Waals surface area contributed by atoms with Crippen molar-refractivity contribution in [3.8, 4) is 11.5 Å². The van der Waals surface area contributed by atoms with Gasteiger partial charge in [0.1, 0.15) is 5.75 Å². The Bertz CT molecular complexity index is 760. The van der Waals surface area contributed by atoms with E-state index in [1.807, 2.05) is 24.3 Å². The summed E-state index contributed by atoms with van der Waals surface area (Å²) in [7, 11) is 0. The molecule has 0 radical (unpaired) electrons. The maximum atomic E-state index is 13.7. The van der Waals surface area contributed by atoms with Crippen LogP contribution in [0.4, 0.5) is 4.39 Å². The predicted molar refractivity (Wildman–Crippen MR) is 77.8 cm³/mol. The Morgan fingerprint density at radius 2 is 1.75 bits per heavy atom. The van der Waals surface area contributed by atoms with E-state index >= 15 is 0 Å². The van der Waals surface area contributed by atoms with Gasteiger partial charge in [-0.1, -0.05) is 24.3 Å². The largest absolute Gasteiger partial charge is 0.454 e. The van der Waals surface area contributed by atoms with E-state index in [0.29, 0.717) is 11.4 Å². The molecule has 2 aromatic carbocycles. The van der Waals surface area contributed by atoms with E-state index in [-0.39, 0.29) is 11.6 Å². The Hall–Kier alpha value is -2.13. The third-order valence-corrected chi connectivity index (χ3v) is 3.20. The first kappa shape index (κ1) is 12.9. The molecule has 0 aliphatic heterocycles. The maximum absolute atomic E-state index is 13.7. The summed E-state index contributed by atoms with van der Waals surface area (Å²) >= 11 is 5.84. The second-order valence-electron chi connectivity index (χ2n) is 4.29. The third-order valence-electron chi connectivity index (χ3n) is 2.92. The van der Waals surface area contributed by atoms with Gasteiger partial charge in [0.05, 0.1) is 17.1 Å². The summed E-state index contributed by atoms with van der Waals surface area (Å²) in [5, 5.41) is 0.824. The molecule has 3 aromatic rings. The van der Waals surface area contributed by atoms with Crippen LogP contribution >= 0.6 is 11.6 Å². The molecule has 0 unspecified atom stereocenters. The van der Waals surface area contributed by atoms with Gasteiger partial charge in [0.25, 0.3) is 0 Å². The first-order valence-electron chi connectivity index (χ1n) is 6.15. The molecule has 0 amide bonds. The van der Waals surface area contributed by atoms with Crippen LogP contribution in [0.25, 0.3) is 10.9 Å². The number of pyridine rings is 1. The monoisotopic (exact) mass is 287 g/mol. The van der Waals surface area contributed by atoms with Crippen molar-refractivity contribution in [1.82, 2.24) is 4.98 Å². The fraction of sp³-hybridized carbons (Fsp3) is 0.0625. The van der Waals surface area contributed by atoms with Crippen LogP contribution in [-0.4, -0.2) is 4.98 Å². The van der Waals surface area contributed by atoms with Crippen LogP contribution in [0.2, 0.25) is 0 Å². The first-order valence-corrected chi connectivity index (χ1v) is 6.68. The lowest BCUT2D eigenvalue weighted by molar-refractivity contribution is 0.446. The molecule has 1 aromatic heterocycles. The summed E-state index contributed by atoms with van der Waals surface area (Å²) in [5.41, 5.74) is 1.47. The van der Waals surface area contributed by atoms with Crippen LogP contribution in [0, 0.1) is 5.82 Å². The lowest BCUT2D eigenvalue weighted by atomic mass is 10.2. The number of para-hydroxylation sites is 2. The van der Waals surface area contributed by atoms with Crippen LogP contribution in [0.3, 0.4) is 0 Å². The molecule has 0 bridgehead atoms. The van der Waals surface area contributed by atoms with E-state index in [9.17, 15) is 4.39 Å². The molecular weight excluding hydrogens is 277 g/mol. The number of hydrogen-bond acceptors (Lipinski definition) is 2. The van der Waals surface area contributed by atoms with Gasteiger partial charge >= 0.3 is 0 Å². The molecule has 1 heterocycles. The Kier molecular flexibility index (Phi) is 3.52. The Balaban J connectivity index is 2.13. The molecule has 2 nitrogen and oxygen atoms in total. The quantitative estimate of drug-likeness (QED) is 0.639. The predicted octanol–water partition coefficient (Wildman–Crippen LogP) is 4.91. The summed E-state index contributed by atoms with van der Waals surface area (Å²) < 4.78 is 19.4. The van der Waals surface area contributed by atoms with Crippen LogP contribution < -0.4 is 4.74 Å². The van der Waals surface area contributed by atoms with Gasteiger partial charge in [0.15, 0.2) is 11.6 Å². The number of ether oxygens (including phenoxy) is 1. The minimum Gasteiger partial charge on any atom is -0.454 e. The van der Waals surface area contributed by atoms with E-state index in [0.717, 1.165) is 10.9 Å². The minimum atomic E-state index is -0.402. The summed E-state index contributed by atoms with van der Waals surface area (Å²) in [5.74, 6) is 0.611. The molecule has 0 aliphatic rings. The second-order valence-corrected chi connectivity index (χ2v) is 4.56. The first-order chi connectivity index (χ1) is 9.78. The van der Waals surface area contributed by atoms with Gasteiger partial charge in [-0.3, -0.25) is 4.98 Å². The zero-order chi connectivity index (χ0) is 13.9. The molecular formula is C16H11ClFNO. The van der Waals surface area contributed by atoms with Gasteiger partial charge in [-0.15, -0.1) is 11.6 Å². The number of aromatic nitrogens is 1. The van der Waals surface area contributed by atoms with Gasteiger partial charge in [0.2, 0.25) is 0 Å². The Morgan fingerprint density at radius 1 is 1.00 bits per heavy atom. The van der Waals surface area contributed by atoms with Crippen molar-refractivity contribution in [2.75, 3.05) is 0 Å². The number of fused-ring (bicyclic) bond motifs is 1. The molecule has 0 saturated heterocycles. The highest BCUT2D eigenvalue weighted by atomic mass is 35.5. The van der Waals surface area contributed by atoms with Crippen LogP contribution in [0.5, 0.6) is 11.5 Å². The Labute approximate surface area is 120 Å². The zero-order valence-corrected chi connectivity index (χ0v) is 11.3. The molecule has 3 rings (SSSR count). The standard InChI is InChI=1S/C16H11ClFNO/c17-10-11-9-16(12-5-1-3-7-14(12)19-11)20-15-8-4-2-6-13(15)18/h1-9H,10H2. The molecule has 0 aliphatic carbocycles. The molecule has 0 spiro atoms. The van der Waals surface area contributed by atoms with Gasteiger partial charge < -0.3 is 4.74 Å². The smallest absolute Gasteiger partial charge is 0.165 e. The van der Waals surface area contributed by atoms with Crippen molar-refractivity contribution in [3.63, 3.8) is 0 Å². The molecule has 100 valence electrons. The number of rotatable bonds is 3. The number of benzene rings is 2. The van der Waals surface area contributed by atoms with E-state index in [4.69, 9.17) is 16.3 Å². The van der Waals surface area contributed by atoms with E-state index in [2.05, 4.69) is 4.98 Å². The van der Waals surface area contributed by atoms with Crippen molar-refractivity contribution in [2.24, 2.45) is 0 Å². The second kappa shape index (κ2) is 5.47. The van der Waals surface area contributed by atoms with Gasteiger partial charge in [-0.2, -0.15) is 0 Å². The number of alkyl halides is 1. The topological polar surface area (TPSA) is 22.1 Å². The number of nitrogens with zero attached hydrogens (tertiary/aromatic N) is 1. The Morgan fingerprint density at radius 3 is 2.55 bits per heavy atom. The van der Waals surface area contributed by atoms with Gasteiger partial charge in [-0.05, 0) is 24.3 Å². The highest BCUT2D eigenvalue weighted by Crippen LogP contribution is 2.31. The highest BCUT2D eigenvalue weighted by molar-refractivity contribution is 6.17. The normalized spacial score (nSPS) is 10.7. The lowest BCUT2D eigenvalue weighted by Gasteiger charge is -2.10. The molecule has 0 fully saturated rings. The zero-order valence-electron chi connectivity index (χ0n) is 10.5. The molecule has 0 saturated carbocycles. The molecule has 0 N–H and O–H groups in total. The molecule has 0 atom stereocenters. The fourth-order valence-corrected chi connectivity index (χ4v) is 2.13. The van der Waals surface area contributed by atoms with Crippen molar-refractivity contribution in [1.29, 1.82) is 0 Å². The molecule has 20 heavy (non-hydrogen) atoms. The lowest BCUT2D eigenvalue weighted by Crippen LogP contribution is -1.93. The summed E-state index contributed by atoms with van der Waals surface area (Å²) in [6.45, 7) is 0. The summed E-state index contributed by atoms with van der Waals surface area (Å²) in [6.07, 6.45) is 0. The SMILES string of the molecule is Fc1ccccc1Oc1cc(CCl)nc2ccccc12. The third kappa shape index (κ3) is 2.45. The minimum absolute atomic E-state index is 0.185. The average Bonchev–Trinajstić information content (AvgIpc) is 2.49. The van der Waals surface area contributed by atoms with Crippen LogP contribution in [0.15, 0.2) is 54.6 Å². The van der Waals surface area contributed by atoms with E-state index < -0.39 is 5.82 Å². The van der Waals surface area contributed by atoms with E-state index in [1.165, 1.54) is 6.07 Å².